The predicted molar refractivity (Wildman–Crippen MR) is 72.6 cm³/mol. The second kappa shape index (κ2) is 5.82. The Kier molecular flexibility index (Phi) is 4.40. The van der Waals surface area contributed by atoms with E-state index in [9.17, 15) is 0 Å². The zero-order valence-corrected chi connectivity index (χ0v) is 11.6. The van der Waals surface area contributed by atoms with Crippen molar-refractivity contribution in [3.05, 3.63) is 21.9 Å². The highest BCUT2D eigenvalue weighted by Gasteiger charge is 2.17. The second-order valence-electron chi connectivity index (χ2n) is 4.38. The summed E-state index contributed by atoms with van der Waals surface area (Å²) in [7, 11) is 0. The molecule has 1 aromatic rings. The molecule has 88 valence electrons. The number of nitrogens with zero attached hydrogens (tertiary/aromatic N) is 1. The molecule has 0 aromatic carbocycles. The van der Waals surface area contributed by atoms with Crippen molar-refractivity contribution in [2.75, 3.05) is 13.2 Å². The summed E-state index contributed by atoms with van der Waals surface area (Å²) in [6.07, 6.45) is 4.32. The summed E-state index contributed by atoms with van der Waals surface area (Å²) in [5.41, 5.74) is 0. The number of halogens is 1. The Bertz CT molecular complexity index is 320. The minimum Gasteiger partial charge on any atom is -0.477 e. The SMILES string of the molecule is C[C@@H]1CC[C@@H](COc2ccc(I)cn2)CN1. The van der Waals surface area contributed by atoms with E-state index in [-0.39, 0.29) is 0 Å². The lowest BCUT2D eigenvalue weighted by Gasteiger charge is -2.27. The van der Waals surface area contributed by atoms with Gasteiger partial charge in [-0.3, -0.25) is 0 Å². The molecule has 0 bridgehead atoms. The lowest BCUT2D eigenvalue weighted by molar-refractivity contribution is 0.198. The van der Waals surface area contributed by atoms with Gasteiger partial charge in [0.25, 0.3) is 0 Å². The fraction of sp³-hybridized carbons (Fsp3) is 0.583. The minimum absolute atomic E-state index is 0.622. The third-order valence-corrected chi connectivity index (χ3v) is 3.57. The number of pyridine rings is 1. The average molecular weight is 332 g/mol. The van der Waals surface area contributed by atoms with Gasteiger partial charge in [-0.1, -0.05) is 0 Å². The van der Waals surface area contributed by atoms with Crippen LogP contribution in [0.3, 0.4) is 0 Å². The Morgan fingerprint density at radius 1 is 1.50 bits per heavy atom. The Hall–Kier alpha value is -0.360. The summed E-state index contributed by atoms with van der Waals surface area (Å²) in [6, 6.07) is 4.61. The van der Waals surface area contributed by atoms with Gasteiger partial charge >= 0.3 is 0 Å². The highest BCUT2D eigenvalue weighted by Crippen LogP contribution is 2.16. The lowest BCUT2D eigenvalue weighted by atomic mass is 9.96. The van der Waals surface area contributed by atoms with Crippen LogP contribution in [0.4, 0.5) is 0 Å². The highest BCUT2D eigenvalue weighted by molar-refractivity contribution is 14.1. The Balaban J connectivity index is 1.77. The average Bonchev–Trinajstić information content (AvgIpc) is 2.30. The van der Waals surface area contributed by atoms with Crippen molar-refractivity contribution in [2.45, 2.75) is 25.8 Å². The van der Waals surface area contributed by atoms with E-state index < -0.39 is 0 Å². The molecule has 2 rings (SSSR count). The van der Waals surface area contributed by atoms with Gasteiger partial charge in [-0.15, -0.1) is 0 Å². The lowest BCUT2D eigenvalue weighted by Crippen LogP contribution is -2.39. The second-order valence-corrected chi connectivity index (χ2v) is 5.62. The normalized spacial score (nSPS) is 25.4. The molecule has 0 aliphatic carbocycles. The first-order valence-corrected chi connectivity index (χ1v) is 6.79. The molecular formula is C12H17IN2O. The number of rotatable bonds is 3. The number of piperidine rings is 1. The van der Waals surface area contributed by atoms with Crippen molar-refractivity contribution in [3.8, 4) is 5.88 Å². The third-order valence-electron chi connectivity index (χ3n) is 2.93. The Morgan fingerprint density at radius 2 is 2.38 bits per heavy atom. The molecule has 1 N–H and O–H groups in total. The largest absolute Gasteiger partial charge is 0.477 e. The van der Waals surface area contributed by atoms with E-state index in [4.69, 9.17) is 4.74 Å². The molecule has 0 spiro atoms. The maximum absolute atomic E-state index is 5.68. The van der Waals surface area contributed by atoms with Crippen LogP contribution < -0.4 is 10.1 Å². The first kappa shape index (κ1) is 12.1. The number of hydrogen-bond donors (Lipinski definition) is 1. The summed E-state index contributed by atoms with van der Waals surface area (Å²) in [6.45, 7) is 4.07. The van der Waals surface area contributed by atoms with Crippen molar-refractivity contribution < 1.29 is 4.74 Å². The van der Waals surface area contributed by atoms with Crippen molar-refractivity contribution >= 4 is 22.6 Å². The molecule has 4 heteroatoms. The molecule has 3 nitrogen and oxygen atoms in total. The number of aromatic nitrogens is 1. The van der Waals surface area contributed by atoms with Gasteiger partial charge in [0.1, 0.15) is 0 Å². The fourth-order valence-electron chi connectivity index (χ4n) is 1.85. The van der Waals surface area contributed by atoms with E-state index in [1.807, 2.05) is 18.3 Å². The maximum atomic E-state index is 5.68. The molecule has 1 saturated heterocycles. The molecule has 1 fully saturated rings. The number of hydrogen-bond acceptors (Lipinski definition) is 3. The van der Waals surface area contributed by atoms with Gasteiger partial charge in [0, 0.05) is 34.3 Å². The van der Waals surface area contributed by atoms with Gasteiger partial charge in [0.05, 0.1) is 6.61 Å². The molecule has 16 heavy (non-hydrogen) atoms. The molecule has 0 radical (unpaired) electrons. The molecule has 1 aliphatic rings. The van der Waals surface area contributed by atoms with Crippen LogP contribution >= 0.6 is 22.6 Å². The molecule has 0 unspecified atom stereocenters. The summed E-state index contributed by atoms with van der Waals surface area (Å²) < 4.78 is 6.82. The molecule has 0 saturated carbocycles. The number of nitrogens with one attached hydrogen (secondary N) is 1. The predicted octanol–water partition coefficient (Wildman–Crippen LogP) is 2.45. The molecule has 0 amide bonds. The summed E-state index contributed by atoms with van der Waals surface area (Å²) in [5.74, 6) is 1.36. The maximum Gasteiger partial charge on any atom is 0.213 e. The monoisotopic (exact) mass is 332 g/mol. The number of ether oxygens (including phenoxy) is 1. The molecule has 1 aliphatic heterocycles. The van der Waals surface area contributed by atoms with Crippen LogP contribution in [-0.2, 0) is 0 Å². The van der Waals surface area contributed by atoms with Crippen LogP contribution in [0, 0.1) is 9.49 Å². The van der Waals surface area contributed by atoms with Gasteiger partial charge in [-0.25, -0.2) is 4.98 Å². The zero-order valence-electron chi connectivity index (χ0n) is 9.45. The van der Waals surface area contributed by atoms with Crippen LogP contribution in [0.15, 0.2) is 18.3 Å². The highest BCUT2D eigenvalue weighted by atomic mass is 127. The molecule has 2 atom stereocenters. The topological polar surface area (TPSA) is 34.1 Å². The fourth-order valence-corrected chi connectivity index (χ4v) is 2.17. The minimum atomic E-state index is 0.622. The first-order valence-electron chi connectivity index (χ1n) is 5.72. The van der Waals surface area contributed by atoms with E-state index in [1.54, 1.807) is 0 Å². The Labute approximate surface area is 110 Å². The molecule has 2 heterocycles. The van der Waals surface area contributed by atoms with E-state index in [2.05, 4.69) is 39.8 Å². The van der Waals surface area contributed by atoms with E-state index >= 15 is 0 Å². The van der Waals surface area contributed by atoms with E-state index in [0.717, 1.165) is 22.6 Å². The quantitative estimate of drug-likeness (QED) is 0.864. The van der Waals surface area contributed by atoms with Crippen molar-refractivity contribution in [2.24, 2.45) is 5.92 Å². The van der Waals surface area contributed by atoms with Crippen LogP contribution in [0.25, 0.3) is 0 Å². The third kappa shape index (κ3) is 3.59. The molecule has 1 aromatic heterocycles. The smallest absolute Gasteiger partial charge is 0.213 e. The van der Waals surface area contributed by atoms with Crippen molar-refractivity contribution in [1.29, 1.82) is 0 Å². The van der Waals surface area contributed by atoms with Gasteiger partial charge in [-0.2, -0.15) is 0 Å². The van der Waals surface area contributed by atoms with Gasteiger partial charge < -0.3 is 10.1 Å². The zero-order chi connectivity index (χ0) is 11.4. The van der Waals surface area contributed by atoms with Gasteiger partial charge in [-0.05, 0) is 48.4 Å². The molecular weight excluding hydrogens is 315 g/mol. The summed E-state index contributed by atoms with van der Waals surface area (Å²) in [4.78, 5) is 4.23. The van der Waals surface area contributed by atoms with Crippen LogP contribution in [0.1, 0.15) is 19.8 Å². The van der Waals surface area contributed by atoms with Crippen LogP contribution in [-0.4, -0.2) is 24.2 Å². The van der Waals surface area contributed by atoms with Crippen molar-refractivity contribution in [3.63, 3.8) is 0 Å². The van der Waals surface area contributed by atoms with E-state index in [1.165, 1.54) is 12.8 Å². The Morgan fingerprint density at radius 3 is 3.00 bits per heavy atom. The van der Waals surface area contributed by atoms with Gasteiger partial charge in [0.15, 0.2) is 0 Å². The summed E-state index contributed by atoms with van der Waals surface area (Å²) >= 11 is 2.24. The van der Waals surface area contributed by atoms with Gasteiger partial charge in [0.2, 0.25) is 5.88 Å². The first-order chi connectivity index (χ1) is 7.74. The van der Waals surface area contributed by atoms with E-state index in [0.29, 0.717) is 12.0 Å². The standard InChI is InChI=1S/C12H17IN2O/c1-9-2-3-10(6-14-9)8-16-12-5-4-11(13)7-15-12/h4-5,7,9-10,14H,2-3,6,8H2,1H3/t9-,10-/m1/s1. The van der Waals surface area contributed by atoms with Crippen molar-refractivity contribution in [1.82, 2.24) is 10.3 Å². The summed E-state index contributed by atoms with van der Waals surface area (Å²) in [5, 5.41) is 3.48. The van der Waals surface area contributed by atoms with Crippen LogP contribution in [0.5, 0.6) is 5.88 Å². The van der Waals surface area contributed by atoms with Crippen LogP contribution in [0.2, 0.25) is 0 Å².